The fourth-order valence-electron chi connectivity index (χ4n) is 2.23. The molecule has 0 spiro atoms. The molecule has 6 nitrogen and oxygen atoms in total. The highest BCUT2D eigenvalue weighted by atomic mass is 16.7. The second-order valence-electron chi connectivity index (χ2n) is 4.60. The van der Waals surface area contributed by atoms with Gasteiger partial charge in [0, 0.05) is 6.54 Å². The molecule has 2 aliphatic heterocycles. The number of rotatable bonds is 2. The number of hydrogen-bond donors (Lipinski definition) is 1. The van der Waals surface area contributed by atoms with Gasteiger partial charge in [0.25, 0.3) is 0 Å². The number of nitrogens with one attached hydrogen (secondary N) is 1. The van der Waals surface area contributed by atoms with Gasteiger partial charge in [0.2, 0.25) is 18.6 Å². The molecule has 1 N–H and O–H groups in total. The van der Waals surface area contributed by atoms with E-state index in [1.807, 2.05) is 18.2 Å². The van der Waals surface area contributed by atoms with Crippen molar-refractivity contribution in [2.24, 2.45) is 0 Å². The van der Waals surface area contributed by atoms with Crippen LogP contribution in [0.4, 0.5) is 0 Å². The standard InChI is InChI=1S/C13H14N2O4/c1-8-13(17)14-5-12(16)15(8)6-9-2-3-10-11(4-9)19-7-18-10/h2-4,8H,5-7H2,1H3,(H,14,17). The molecule has 1 aromatic rings. The van der Waals surface area contributed by atoms with E-state index in [4.69, 9.17) is 9.47 Å². The van der Waals surface area contributed by atoms with Gasteiger partial charge < -0.3 is 19.7 Å². The van der Waals surface area contributed by atoms with Crippen molar-refractivity contribution in [2.45, 2.75) is 19.5 Å². The summed E-state index contributed by atoms with van der Waals surface area (Å²) in [4.78, 5) is 25.0. The number of carbonyl (C=O) groups is 2. The molecule has 100 valence electrons. The highest BCUT2D eigenvalue weighted by Gasteiger charge is 2.31. The van der Waals surface area contributed by atoms with Gasteiger partial charge in [-0.15, -0.1) is 0 Å². The van der Waals surface area contributed by atoms with E-state index in [1.165, 1.54) is 0 Å². The quantitative estimate of drug-likeness (QED) is 0.830. The molecule has 2 amide bonds. The van der Waals surface area contributed by atoms with E-state index < -0.39 is 6.04 Å². The zero-order valence-corrected chi connectivity index (χ0v) is 10.5. The van der Waals surface area contributed by atoms with Crippen LogP contribution >= 0.6 is 0 Å². The van der Waals surface area contributed by atoms with Crippen molar-refractivity contribution in [3.63, 3.8) is 0 Å². The number of piperazine rings is 1. The first kappa shape index (κ1) is 11.8. The predicted octanol–water partition coefficient (Wildman–Crippen LogP) is 0.262. The van der Waals surface area contributed by atoms with Crippen LogP contribution in [0, 0.1) is 0 Å². The number of nitrogens with zero attached hydrogens (tertiary/aromatic N) is 1. The molecule has 0 radical (unpaired) electrons. The Balaban J connectivity index is 1.80. The van der Waals surface area contributed by atoms with Crippen LogP contribution in [0.2, 0.25) is 0 Å². The SMILES string of the molecule is CC1C(=O)NCC(=O)N1Cc1ccc2c(c1)OCO2. The van der Waals surface area contributed by atoms with Gasteiger partial charge in [-0.25, -0.2) is 0 Å². The van der Waals surface area contributed by atoms with Crippen LogP contribution in [0.3, 0.4) is 0 Å². The molecule has 1 unspecified atom stereocenters. The molecule has 2 heterocycles. The van der Waals surface area contributed by atoms with E-state index in [9.17, 15) is 9.59 Å². The number of benzene rings is 1. The smallest absolute Gasteiger partial charge is 0.242 e. The maximum Gasteiger partial charge on any atom is 0.242 e. The fourth-order valence-corrected chi connectivity index (χ4v) is 2.23. The largest absolute Gasteiger partial charge is 0.454 e. The van der Waals surface area contributed by atoms with Crippen LogP contribution < -0.4 is 14.8 Å². The lowest BCUT2D eigenvalue weighted by Gasteiger charge is -2.32. The molecule has 19 heavy (non-hydrogen) atoms. The van der Waals surface area contributed by atoms with Crippen LogP contribution in [0.1, 0.15) is 12.5 Å². The maximum atomic E-state index is 11.8. The van der Waals surface area contributed by atoms with Crippen molar-refractivity contribution >= 4 is 11.8 Å². The molecule has 1 atom stereocenters. The Morgan fingerprint density at radius 3 is 2.95 bits per heavy atom. The maximum absolute atomic E-state index is 11.8. The molecule has 3 rings (SSSR count). The Hall–Kier alpha value is -2.24. The number of ether oxygens (including phenoxy) is 2. The minimum absolute atomic E-state index is 0.0632. The summed E-state index contributed by atoms with van der Waals surface area (Å²) in [7, 11) is 0. The number of hydrogen-bond acceptors (Lipinski definition) is 4. The average molecular weight is 262 g/mol. The third-order valence-electron chi connectivity index (χ3n) is 3.37. The van der Waals surface area contributed by atoms with Crippen molar-refractivity contribution in [3.05, 3.63) is 23.8 Å². The van der Waals surface area contributed by atoms with Crippen molar-refractivity contribution in [3.8, 4) is 11.5 Å². The van der Waals surface area contributed by atoms with Crippen molar-refractivity contribution < 1.29 is 19.1 Å². The Bertz CT molecular complexity index is 543. The molecule has 2 aliphatic rings. The summed E-state index contributed by atoms with van der Waals surface area (Å²) in [6.45, 7) is 2.40. The minimum Gasteiger partial charge on any atom is -0.454 e. The van der Waals surface area contributed by atoms with E-state index in [1.54, 1.807) is 11.8 Å². The lowest BCUT2D eigenvalue weighted by molar-refractivity contribution is -0.145. The van der Waals surface area contributed by atoms with Gasteiger partial charge >= 0.3 is 0 Å². The Kier molecular flexibility index (Phi) is 2.77. The summed E-state index contributed by atoms with van der Waals surface area (Å²) in [6, 6.07) is 5.08. The number of amides is 2. The van der Waals surface area contributed by atoms with Crippen LogP contribution in [0.5, 0.6) is 11.5 Å². The van der Waals surface area contributed by atoms with Gasteiger partial charge in [-0.1, -0.05) is 6.07 Å². The van der Waals surface area contributed by atoms with Crippen molar-refractivity contribution in [2.75, 3.05) is 13.3 Å². The first-order valence-electron chi connectivity index (χ1n) is 6.11. The molecule has 0 aromatic heterocycles. The molecular weight excluding hydrogens is 248 g/mol. The lowest BCUT2D eigenvalue weighted by Crippen LogP contribution is -2.56. The Morgan fingerprint density at radius 1 is 1.32 bits per heavy atom. The minimum atomic E-state index is -0.452. The van der Waals surface area contributed by atoms with Gasteiger partial charge in [0.05, 0.1) is 6.54 Å². The predicted molar refractivity (Wildman–Crippen MR) is 65.6 cm³/mol. The number of carbonyl (C=O) groups excluding carboxylic acids is 2. The molecule has 1 aromatic carbocycles. The normalized spacial score (nSPS) is 21.5. The van der Waals surface area contributed by atoms with Gasteiger partial charge in [0.1, 0.15) is 6.04 Å². The molecule has 0 saturated carbocycles. The first-order valence-corrected chi connectivity index (χ1v) is 6.11. The van der Waals surface area contributed by atoms with Gasteiger partial charge in [-0.2, -0.15) is 0 Å². The molecule has 1 saturated heterocycles. The van der Waals surface area contributed by atoms with E-state index in [-0.39, 0.29) is 25.2 Å². The zero-order chi connectivity index (χ0) is 13.4. The van der Waals surface area contributed by atoms with Crippen LogP contribution in [-0.2, 0) is 16.1 Å². The third-order valence-corrected chi connectivity index (χ3v) is 3.37. The van der Waals surface area contributed by atoms with E-state index in [0.29, 0.717) is 18.0 Å². The molecule has 0 aliphatic carbocycles. The van der Waals surface area contributed by atoms with Crippen molar-refractivity contribution in [1.29, 1.82) is 0 Å². The Morgan fingerprint density at radius 2 is 2.11 bits per heavy atom. The van der Waals surface area contributed by atoms with Crippen LogP contribution in [0.25, 0.3) is 0 Å². The summed E-state index contributed by atoms with van der Waals surface area (Å²) in [5.41, 5.74) is 0.916. The van der Waals surface area contributed by atoms with Crippen LogP contribution in [-0.4, -0.2) is 36.1 Å². The second-order valence-corrected chi connectivity index (χ2v) is 4.60. The van der Waals surface area contributed by atoms with Crippen LogP contribution in [0.15, 0.2) is 18.2 Å². The van der Waals surface area contributed by atoms with E-state index >= 15 is 0 Å². The summed E-state index contributed by atoms with van der Waals surface area (Å²) in [5, 5.41) is 2.56. The van der Waals surface area contributed by atoms with Gasteiger partial charge in [-0.3, -0.25) is 9.59 Å². The van der Waals surface area contributed by atoms with Crippen molar-refractivity contribution in [1.82, 2.24) is 10.2 Å². The topological polar surface area (TPSA) is 67.9 Å². The molecule has 1 fully saturated rings. The lowest BCUT2D eigenvalue weighted by atomic mass is 10.1. The first-order chi connectivity index (χ1) is 9.15. The average Bonchev–Trinajstić information content (AvgIpc) is 2.86. The summed E-state index contributed by atoms with van der Waals surface area (Å²) in [6.07, 6.45) is 0. The summed E-state index contributed by atoms with van der Waals surface area (Å²) < 4.78 is 10.5. The third kappa shape index (κ3) is 2.09. The van der Waals surface area contributed by atoms with Gasteiger partial charge in [-0.05, 0) is 24.6 Å². The molecule has 0 bridgehead atoms. The zero-order valence-electron chi connectivity index (χ0n) is 10.5. The monoisotopic (exact) mass is 262 g/mol. The summed E-state index contributed by atoms with van der Waals surface area (Å²) in [5.74, 6) is 1.18. The number of fused-ring (bicyclic) bond motifs is 1. The molecular formula is C13H14N2O4. The van der Waals surface area contributed by atoms with E-state index in [2.05, 4.69) is 5.32 Å². The highest BCUT2D eigenvalue weighted by molar-refractivity contribution is 5.94. The fraction of sp³-hybridized carbons (Fsp3) is 0.385. The second kappa shape index (κ2) is 4.46. The van der Waals surface area contributed by atoms with Gasteiger partial charge in [0.15, 0.2) is 11.5 Å². The summed E-state index contributed by atoms with van der Waals surface area (Å²) >= 11 is 0. The highest BCUT2D eigenvalue weighted by Crippen LogP contribution is 2.33. The Labute approximate surface area is 110 Å². The van der Waals surface area contributed by atoms with E-state index in [0.717, 1.165) is 5.56 Å². The molecule has 6 heteroatoms.